The molecule has 1 atom stereocenters. The van der Waals surface area contributed by atoms with E-state index >= 15 is 0 Å². The molecule has 0 radical (unpaired) electrons. The number of hydrogen-bond acceptors (Lipinski definition) is 5. The third-order valence-electron chi connectivity index (χ3n) is 5.18. The molecule has 7 nitrogen and oxygen atoms in total. The van der Waals surface area contributed by atoms with Crippen molar-refractivity contribution >= 4 is 30.7 Å². The SMILES string of the molecule is Cc1c(C(=O)NCC(C)CN2CCCC2)nnn1C1CCNCC1.Cl.Cl. The molecule has 0 bridgehead atoms. The van der Waals surface area contributed by atoms with E-state index in [2.05, 4.69) is 32.8 Å². The Morgan fingerprint density at radius 3 is 2.58 bits per heavy atom. The maximum absolute atomic E-state index is 12.5. The average Bonchev–Trinajstić information content (AvgIpc) is 3.23. The van der Waals surface area contributed by atoms with Crippen molar-refractivity contribution in [1.29, 1.82) is 0 Å². The summed E-state index contributed by atoms with van der Waals surface area (Å²) in [7, 11) is 0. The van der Waals surface area contributed by atoms with Crippen LogP contribution in [-0.4, -0.2) is 65.1 Å². The zero-order valence-corrected chi connectivity index (χ0v) is 17.4. The van der Waals surface area contributed by atoms with Gasteiger partial charge in [-0.15, -0.1) is 29.9 Å². The molecule has 9 heteroatoms. The van der Waals surface area contributed by atoms with E-state index in [1.54, 1.807) is 0 Å². The second-order valence-electron chi connectivity index (χ2n) is 7.27. The summed E-state index contributed by atoms with van der Waals surface area (Å²) in [6.45, 7) is 10.3. The van der Waals surface area contributed by atoms with Gasteiger partial charge in [-0.25, -0.2) is 4.68 Å². The predicted molar refractivity (Wildman–Crippen MR) is 108 cm³/mol. The van der Waals surface area contributed by atoms with Crippen molar-refractivity contribution in [3.63, 3.8) is 0 Å². The largest absolute Gasteiger partial charge is 0.350 e. The first-order chi connectivity index (χ1) is 11.6. The molecule has 150 valence electrons. The zero-order valence-electron chi connectivity index (χ0n) is 15.7. The van der Waals surface area contributed by atoms with Crippen molar-refractivity contribution < 1.29 is 4.79 Å². The van der Waals surface area contributed by atoms with Crippen LogP contribution in [0.3, 0.4) is 0 Å². The first-order valence-electron chi connectivity index (χ1n) is 9.28. The Kier molecular flexibility index (Phi) is 9.85. The van der Waals surface area contributed by atoms with Crippen LogP contribution in [0.2, 0.25) is 0 Å². The maximum Gasteiger partial charge on any atom is 0.273 e. The summed E-state index contributed by atoms with van der Waals surface area (Å²) in [5.41, 5.74) is 1.36. The van der Waals surface area contributed by atoms with Gasteiger partial charge >= 0.3 is 0 Å². The van der Waals surface area contributed by atoms with Crippen molar-refractivity contribution in [1.82, 2.24) is 30.5 Å². The van der Waals surface area contributed by atoms with Crippen LogP contribution in [0.25, 0.3) is 0 Å². The molecule has 1 unspecified atom stereocenters. The van der Waals surface area contributed by atoms with E-state index in [1.165, 1.54) is 25.9 Å². The van der Waals surface area contributed by atoms with Crippen LogP contribution in [0.15, 0.2) is 0 Å². The van der Waals surface area contributed by atoms with Crippen molar-refractivity contribution in [2.45, 2.75) is 45.6 Å². The Balaban J connectivity index is 0.00000169. The summed E-state index contributed by atoms with van der Waals surface area (Å²) in [6.07, 6.45) is 4.69. The molecule has 0 aliphatic carbocycles. The molecule has 2 aliphatic rings. The number of carbonyl (C=O) groups is 1. The molecule has 2 saturated heterocycles. The summed E-state index contributed by atoms with van der Waals surface area (Å²) >= 11 is 0. The quantitative estimate of drug-likeness (QED) is 0.753. The molecule has 26 heavy (non-hydrogen) atoms. The van der Waals surface area contributed by atoms with Gasteiger partial charge in [0.25, 0.3) is 5.91 Å². The highest BCUT2D eigenvalue weighted by atomic mass is 35.5. The van der Waals surface area contributed by atoms with Crippen LogP contribution >= 0.6 is 24.8 Å². The van der Waals surface area contributed by atoms with E-state index in [1.807, 2.05) is 11.6 Å². The molecule has 1 aromatic heterocycles. The van der Waals surface area contributed by atoms with E-state index in [4.69, 9.17) is 0 Å². The third kappa shape index (κ3) is 5.81. The number of nitrogens with one attached hydrogen (secondary N) is 2. The summed E-state index contributed by atoms with van der Waals surface area (Å²) in [6, 6.07) is 0.356. The standard InChI is InChI=1S/C17H30N6O.2ClH/c1-13(12-22-9-3-4-10-22)11-19-17(24)16-14(2)23(21-20-16)15-5-7-18-8-6-15;;/h13,15,18H,3-12H2,1-2H3,(H,19,24);2*1H. The molecular weight excluding hydrogens is 375 g/mol. The van der Waals surface area contributed by atoms with Gasteiger partial charge in [-0.2, -0.15) is 0 Å². The van der Waals surface area contributed by atoms with Gasteiger partial charge in [-0.3, -0.25) is 4.79 Å². The van der Waals surface area contributed by atoms with Crippen molar-refractivity contribution in [2.75, 3.05) is 39.3 Å². The molecule has 2 fully saturated rings. The molecule has 2 aliphatic heterocycles. The van der Waals surface area contributed by atoms with E-state index < -0.39 is 0 Å². The maximum atomic E-state index is 12.5. The normalized spacial score (nSPS) is 19.5. The Morgan fingerprint density at radius 2 is 1.92 bits per heavy atom. The molecule has 0 aromatic carbocycles. The molecular formula is C17H32Cl2N6O. The number of likely N-dealkylation sites (tertiary alicyclic amines) is 1. The molecule has 3 rings (SSSR count). The fraction of sp³-hybridized carbons (Fsp3) is 0.824. The minimum absolute atomic E-state index is 0. The number of carbonyl (C=O) groups excluding carboxylic acids is 1. The topological polar surface area (TPSA) is 75.1 Å². The Labute approximate surface area is 168 Å². The van der Waals surface area contributed by atoms with Gasteiger partial charge in [-0.05, 0) is 64.7 Å². The lowest BCUT2D eigenvalue weighted by Gasteiger charge is -2.23. The average molecular weight is 407 g/mol. The number of amides is 1. The van der Waals surface area contributed by atoms with E-state index in [0.717, 1.165) is 38.2 Å². The van der Waals surface area contributed by atoms with E-state index in [-0.39, 0.29) is 30.7 Å². The first-order valence-corrected chi connectivity index (χ1v) is 9.28. The van der Waals surface area contributed by atoms with E-state index in [0.29, 0.717) is 24.2 Å². The molecule has 1 amide bonds. The summed E-state index contributed by atoms with van der Waals surface area (Å²) < 4.78 is 1.93. The third-order valence-corrected chi connectivity index (χ3v) is 5.18. The molecule has 0 saturated carbocycles. The lowest BCUT2D eigenvalue weighted by atomic mass is 10.1. The van der Waals surface area contributed by atoms with E-state index in [9.17, 15) is 4.79 Å². The van der Waals surface area contributed by atoms with Gasteiger partial charge in [-0.1, -0.05) is 12.1 Å². The van der Waals surface area contributed by atoms with Crippen LogP contribution in [-0.2, 0) is 0 Å². The zero-order chi connectivity index (χ0) is 16.9. The Bertz CT molecular complexity index is 555. The molecule has 2 N–H and O–H groups in total. The van der Waals surface area contributed by atoms with Gasteiger partial charge in [0.1, 0.15) is 0 Å². The molecule has 1 aromatic rings. The van der Waals surface area contributed by atoms with Crippen LogP contribution < -0.4 is 10.6 Å². The van der Waals surface area contributed by atoms with Crippen molar-refractivity contribution in [3.8, 4) is 0 Å². The summed E-state index contributed by atoms with van der Waals surface area (Å²) in [5.74, 6) is 0.354. The van der Waals surface area contributed by atoms with Gasteiger partial charge in [0.2, 0.25) is 0 Å². The van der Waals surface area contributed by atoms with Crippen LogP contribution in [0.5, 0.6) is 0 Å². The number of hydrogen-bond donors (Lipinski definition) is 2. The summed E-state index contributed by atoms with van der Waals surface area (Å²) in [4.78, 5) is 14.9. The number of piperidine rings is 1. The van der Waals surface area contributed by atoms with Crippen LogP contribution in [0, 0.1) is 12.8 Å². The van der Waals surface area contributed by atoms with Gasteiger partial charge in [0.05, 0.1) is 11.7 Å². The van der Waals surface area contributed by atoms with Gasteiger partial charge in [0, 0.05) is 13.1 Å². The van der Waals surface area contributed by atoms with Gasteiger partial charge < -0.3 is 15.5 Å². The smallest absolute Gasteiger partial charge is 0.273 e. The van der Waals surface area contributed by atoms with Gasteiger partial charge in [0.15, 0.2) is 5.69 Å². The fourth-order valence-corrected chi connectivity index (χ4v) is 3.77. The lowest BCUT2D eigenvalue weighted by molar-refractivity contribution is 0.0939. The molecule has 0 spiro atoms. The predicted octanol–water partition coefficient (Wildman–Crippen LogP) is 1.82. The minimum Gasteiger partial charge on any atom is -0.350 e. The highest BCUT2D eigenvalue weighted by Crippen LogP contribution is 2.20. The monoisotopic (exact) mass is 406 g/mol. The van der Waals surface area contributed by atoms with Crippen molar-refractivity contribution in [3.05, 3.63) is 11.4 Å². The number of halogens is 2. The highest BCUT2D eigenvalue weighted by Gasteiger charge is 2.23. The van der Waals surface area contributed by atoms with Crippen LogP contribution in [0.4, 0.5) is 0 Å². The van der Waals surface area contributed by atoms with Crippen molar-refractivity contribution in [2.24, 2.45) is 5.92 Å². The van der Waals surface area contributed by atoms with Crippen LogP contribution in [0.1, 0.15) is 54.8 Å². The Morgan fingerprint density at radius 1 is 1.27 bits per heavy atom. The number of rotatable bonds is 6. The second-order valence-corrected chi connectivity index (χ2v) is 7.27. The first kappa shape index (κ1) is 23.1. The summed E-state index contributed by atoms with van der Waals surface area (Å²) in [5, 5.41) is 14.8. The number of nitrogens with zero attached hydrogens (tertiary/aromatic N) is 4. The highest BCUT2D eigenvalue weighted by molar-refractivity contribution is 5.93. The molecule has 3 heterocycles. The Hall–Kier alpha value is -0.890. The second kappa shape index (κ2) is 11.1. The fourth-order valence-electron chi connectivity index (χ4n) is 3.77. The lowest BCUT2D eigenvalue weighted by Crippen LogP contribution is -2.35. The number of aromatic nitrogens is 3. The minimum atomic E-state index is -0.0963.